The fraction of sp³-hybridized carbons (Fsp3) is 0.333. The molecule has 0 unspecified atom stereocenters. The van der Waals surface area contributed by atoms with Crippen LogP contribution in [0.4, 0.5) is 0 Å². The van der Waals surface area contributed by atoms with E-state index in [2.05, 4.69) is 11.2 Å². The Balaban J connectivity index is 3.16. The van der Waals surface area contributed by atoms with Crippen LogP contribution in [0.3, 0.4) is 0 Å². The highest BCUT2D eigenvalue weighted by atomic mass is 16.1. The fourth-order valence-electron chi connectivity index (χ4n) is 0.575. The van der Waals surface area contributed by atoms with Gasteiger partial charge in [0.25, 0.3) is 5.56 Å². The predicted octanol–water partition coefficient (Wildman–Crippen LogP) is 0.0634. The first-order valence-corrected chi connectivity index (χ1v) is 2.78. The standard InChI is InChI=1S/C6H7N2O/c1-2-8-6(9)4-3-5-7-8/h3,5H,2H2,1H3. The topological polar surface area (TPSA) is 34.9 Å². The highest BCUT2D eigenvalue weighted by molar-refractivity contribution is 4.81. The normalized spacial score (nSPS) is 9.44. The van der Waals surface area contributed by atoms with Gasteiger partial charge in [-0.1, -0.05) is 0 Å². The van der Waals surface area contributed by atoms with Gasteiger partial charge in [0.05, 0.1) is 6.07 Å². The van der Waals surface area contributed by atoms with E-state index in [4.69, 9.17) is 0 Å². The maximum atomic E-state index is 10.7. The summed E-state index contributed by atoms with van der Waals surface area (Å²) in [6.07, 6.45) is 1.55. The van der Waals surface area contributed by atoms with Crippen LogP contribution in [-0.2, 0) is 6.54 Å². The Hall–Kier alpha value is -1.12. The summed E-state index contributed by atoms with van der Waals surface area (Å²) in [5.74, 6) is 0. The van der Waals surface area contributed by atoms with Crippen molar-refractivity contribution in [3.8, 4) is 0 Å². The Labute approximate surface area is 52.9 Å². The Bertz CT molecular complexity index is 241. The van der Waals surface area contributed by atoms with Gasteiger partial charge in [0, 0.05) is 12.7 Å². The molecule has 0 N–H and O–H groups in total. The Kier molecular flexibility index (Phi) is 1.63. The van der Waals surface area contributed by atoms with Crippen LogP contribution >= 0.6 is 0 Å². The number of rotatable bonds is 1. The van der Waals surface area contributed by atoms with Crippen molar-refractivity contribution in [1.82, 2.24) is 9.78 Å². The van der Waals surface area contributed by atoms with Crippen molar-refractivity contribution in [1.29, 1.82) is 0 Å². The van der Waals surface area contributed by atoms with E-state index in [1.54, 1.807) is 6.20 Å². The van der Waals surface area contributed by atoms with Crippen LogP contribution < -0.4 is 5.56 Å². The number of hydrogen-bond acceptors (Lipinski definition) is 2. The zero-order chi connectivity index (χ0) is 6.69. The quantitative estimate of drug-likeness (QED) is 0.529. The van der Waals surface area contributed by atoms with Crippen molar-refractivity contribution in [3.63, 3.8) is 0 Å². The average Bonchev–Trinajstić information content (AvgIpc) is 1.89. The minimum Gasteiger partial charge on any atom is -0.267 e. The van der Waals surface area contributed by atoms with Crippen molar-refractivity contribution in [2.75, 3.05) is 0 Å². The lowest BCUT2D eigenvalue weighted by atomic mass is 10.6. The van der Waals surface area contributed by atoms with E-state index in [9.17, 15) is 4.79 Å². The van der Waals surface area contributed by atoms with E-state index in [0.717, 1.165) is 0 Å². The van der Waals surface area contributed by atoms with Crippen molar-refractivity contribution in [3.05, 3.63) is 28.7 Å². The van der Waals surface area contributed by atoms with Gasteiger partial charge in [0.15, 0.2) is 0 Å². The summed E-state index contributed by atoms with van der Waals surface area (Å²) in [7, 11) is 0. The molecule has 0 amide bonds. The number of aromatic nitrogens is 2. The summed E-state index contributed by atoms with van der Waals surface area (Å²) in [6.45, 7) is 2.47. The lowest BCUT2D eigenvalue weighted by Crippen LogP contribution is -2.19. The van der Waals surface area contributed by atoms with Crippen molar-refractivity contribution in [2.45, 2.75) is 13.5 Å². The van der Waals surface area contributed by atoms with Gasteiger partial charge in [0.1, 0.15) is 0 Å². The smallest absolute Gasteiger partial charge is 0.267 e. The lowest BCUT2D eigenvalue weighted by molar-refractivity contribution is 0.614. The second-order valence-corrected chi connectivity index (χ2v) is 1.60. The SMILES string of the molecule is CCn1ncc[c]c1=O. The van der Waals surface area contributed by atoms with E-state index in [1.165, 1.54) is 10.7 Å². The van der Waals surface area contributed by atoms with Crippen LogP contribution in [0.5, 0.6) is 0 Å². The van der Waals surface area contributed by atoms with E-state index < -0.39 is 0 Å². The maximum Gasteiger partial charge on any atom is 0.274 e. The van der Waals surface area contributed by atoms with E-state index >= 15 is 0 Å². The highest BCUT2D eigenvalue weighted by Crippen LogP contribution is 1.71. The van der Waals surface area contributed by atoms with Crippen LogP contribution in [0.2, 0.25) is 0 Å². The van der Waals surface area contributed by atoms with Crippen LogP contribution in [0.1, 0.15) is 6.92 Å². The van der Waals surface area contributed by atoms with Gasteiger partial charge in [-0.05, 0) is 13.0 Å². The molecule has 0 aliphatic rings. The van der Waals surface area contributed by atoms with Gasteiger partial charge in [-0.25, -0.2) is 4.68 Å². The molecule has 3 heteroatoms. The van der Waals surface area contributed by atoms with Crippen LogP contribution in [0.25, 0.3) is 0 Å². The summed E-state index contributed by atoms with van der Waals surface area (Å²) >= 11 is 0. The molecule has 0 saturated heterocycles. The Morgan fingerprint density at radius 2 is 2.67 bits per heavy atom. The molecule has 0 atom stereocenters. The molecule has 0 aliphatic carbocycles. The molecule has 1 rings (SSSR count). The first-order valence-electron chi connectivity index (χ1n) is 2.78. The highest BCUT2D eigenvalue weighted by Gasteiger charge is 1.87. The fourth-order valence-corrected chi connectivity index (χ4v) is 0.575. The zero-order valence-corrected chi connectivity index (χ0v) is 5.16. The number of hydrogen-bond donors (Lipinski definition) is 0. The first-order chi connectivity index (χ1) is 4.34. The third kappa shape index (κ3) is 1.16. The van der Waals surface area contributed by atoms with Crippen molar-refractivity contribution in [2.24, 2.45) is 0 Å². The molecule has 0 fully saturated rings. The van der Waals surface area contributed by atoms with Crippen molar-refractivity contribution >= 4 is 0 Å². The van der Waals surface area contributed by atoms with Crippen LogP contribution in [0, 0.1) is 6.07 Å². The molecule has 0 saturated carbocycles. The lowest BCUT2D eigenvalue weighted by Gasteiger charge is -1.93. The molecule has 1 radical (unpaired) electrons. The summed E-state index contributed by atoms with van der Waals surface area (Å²) in [6, 6.07) is 4.00. The largest absolute Gasteiger partial charge is 0.274 e. The summed E-state index contributed by atoms with van der Waals surface area (Å²) in [5, 5.41) is 3.77. The Morgan fingerprint density at radius 3 is 3.11 bits per heavy atom. The predicted molar refractivity (Wildman–Crippen MR) is 33.0 cm³/mol. The van der Waals surface area contributed by atoms with E-state index in [1.807, 2.05) is 6.92 Å². The second-order valence-electron chi connectivity index (χ2n) is 1.60. The van der Waals surface area contributed by atoms with Gasteiger partial charge in [-0.15, -0.1) is 0 Å². The molecule has 0 aromatic carbocycles. The Morgan fingerprint density at radius 1 is 1.89 bits per heavy atom. The third-order valence-electron chi connectivity index (χ3n) is 1.02. The zero-order valence-electron chi connectivity index (χ0n) is 5.16. The molecule has 1 aromatic heterocycles. The van der Waals surface area contributed by atoms with Crippen LogP contribution in [0.15, 0.2) is 17.1 Å². The third-order valence-corrected chi connectivity index (χ3v) is 1.02. The van der Waals surface area contributed by atoms with E-state index in [0.29, 0.717) is 6.54 Å². The van der Waals surface area contributed by atoms with Gasteiger partial charge < -0.3 is 0 Å². The van der Waals surface area contributed by atoms with E-state index in [-0.39, 0.29) is 5.56 Å². The number of aryl methyl sites for hydroxylation is 1. The molecular formula is C6H7N2O. The van der Waals surface area contributed by atoms with Crippen LogP contribution in [-0.4, -0.2) is 9.78 Å². The van der Waals surface area contributed by atoms with Crippen molar-refractivity contribution < 1.29 is 0 Å². The minimum absolute atomic E-state index is 0.167. The summed E-state index contributed by atoms with van der Waals surface area (Å²) < 4.78 is 1.35. The van der Waals surface area contributed by atoms with Gasteiger partial charge in [-0.2, -0.15) is 5.10 Å². The molecule has 0 aliphatic heterocycles. The molecule has 0 spiro atoms. The molecule has 47 valence electrons. The monoisotopic (exact) mass is 123 g/mol. The van der Waals surface area contributed by atoms with Gasteiger partial charge in [0.2, 0.25) is 0 Å². The maximum absolute atomic E-state index is 10.7. The molecule has 1 aromatic rings. The molecule has 1 heterocycles. The first kappa shape index (κ1) is 6.01. The van der Waals surface area contributed by atoms with Gasteiger partial charge in [-0.3, -0.25) is 4.79 Å². The number of nitrogens with zero attached hydrogens (tertiary/aromatic N) is 2. The second kappa shape index (κ2) is 2.44. The molecular weight excluding hydrogens is 116 g/mol. The van der Waals surface area contributed by atoms with Gasteiger partial charge >= 0.3 is 0 Å². The summed E-state index contributed by atoms with van der Waals surface area (Å²) in [5.41, 5.74) is -0.167. The molecule has 9 heavy (non-hydrogen) atoms. The molecule has 3 nitrogen and oxygen atoms in total. The average molecular weight is 123 g/mol. The minimum atomic E-state index is -0.167. The molecule has 0 bridgehead atoms. The summed E-state index contributed by atoms with van der Waals surface area (Å²) in [4.78, 5) is 10.7.